The number of piperazine rings is 1. The fourth-order valence-corrected chi connectivity index (χ4v) is 2.04. The number of hydrogen-bond donors (Lipinski definition) is 1. The summed E-state index contributed by atoms with van der Waals surface area (Å²) in [6.07, 6.45) is 2.45. The van der Waals surface area contributed by atoms with Gasteiger partial charge in [-0.05, 0) is 18.7 Å². The first-order chi connectivity index (χ1) is 8.33. The first-order valence-electron chi connectivity index (χ1n) is 5.97. The highest BCUT2D eigenvalue weighted by molar-refractivity contribution is 5.69. The molecule has 5 heteroatoms. The highest BCUT2D eigenvalue weighted by Gasteiger charge is 2.15. The summed E-state index contributed by atoms with van der Waals surface area (Å²) >= 11 is 0. The first-order valence-corrected chi connectivity index (χ1v) is 5.97. The van der Waals surface area contributed by atoms with Gasteiger partial charge in [-0.2, -0.15) is 0 Å². The van der Waals surface area contributed by atoms with Gasteiger partial charge < -0.3 is 15.1 Å². The standard InChI is InChI=1S/C12H18N4O/c1-2-15-5-7-16(8-6-15)11-3-4-12(13-9-11)14-10-17/h3-4,9-10H,2,5-8H2,1H3,(H,13,14,17). The molecule has 0 aliphatic carbocycles. The van der Waals surface area contributed by atoms with E-state index in [4.69, 9.17) is 0 Å². The van der Waals surface area contributed by atoms with Crippen LogP contribution in [-0.2, 0) is 4.79 Å². The Hall–Kier alpha value is -1.62. The molecular weight excluding hydrogens is 216 g/mol. The minimum atomic E-state index is 0.593. The van der Waals surface area contributed by atoms with Gasteiger partial charge in [0.1, 0.15) is 5.82 Å². The van der Waals surface area contributed by atoms with Crippen molar-refractivity contribution in [3.8, 4) is 0 Å². The molecule has 0 spiro atoms. The molecular formula is C12H18N4O. The van der Waals surface area contributed by atoms with Gasteiger partial charge in [0.05, 0.1) is 11.9 Å². The van der Waals surface area contributed by atoms with Crippen molar-refractivity contribution in [2.24, 2.45) is 0 Å². The van der Waals surface area contributed by atoms with Crippen LogP contribution >= 0.6 is 0 Å². The summed E-state index contributed by atoms with van der Waals surface area (Å²) in [4.78, 5) is 19.2. The van der Waals surface area contributed by atoms with E-state index >= 15 is 0 Å². The largest absolute Gasteiger partial charge is 0.368 e. The van der Waals surface area contributed by atoms with Crippen molar-refractivity contribution < 1.29 is 4.79 Å². The maximum atomic E-state index is 10.3. The quantitative estimate of drug-likeness (QED) is 0.783. The molecule has 1 fully saturated rings. The zero-order valence-electron chi connectivity index (χ0n) is 10.1. The number of aromatic nitrogens is 1. The lowest BCUT2D eigenvalue weighted by Crippen LogP contribution is -2.46. The minimum Gasteiger partial charge on any atom is -0.368 e. The molecule has 0 bridgehead atoms. The van der Waals surface area contributed by atoms with Gasteiger partial charge in [0, 0.05) is 26.2 Å². The topological polar surface area (TPSA) is 48.5 Å². The van der Waals surface area contributed by atoms with E-state index in [9.17, 15) is 4.79 Å². The monoisotopic (exact) mass is 234 g/mol. The van der Waals surface area contributed by atoms with Crippen molar-refractivity contribution >= 4 is 17.9 Å². The van der Waals surface area contributed by atoms with Crippen LogP contribution in [0.15, 0.2) is 18.3 Å². The van der Waals surface area contributed by atoms with Crippen LogP contribution in [0.2, 0.25) is 0 Å². The Labute approximate surface area is 101 Å². The van der Waals surface area contributed by atoms with Gasteiger partial charge in [-0.15, -0.1) is 0 Å². The normalized spacial score (nSPS) is 16.9. The van der Waals surface area contributed by atoms with Gasteiger partial charge in [-0.1, -0.05) is 6.92 Å². The maximum Gasteiger partial charge on any atom is 0.212 e. The summed E-state index contributed by atoms with van der Waals surface area (Å²) in [6, 6.07) is 3.83. The number of hydrogen-bond acceptors (Lipinski definition) is 4. The number of rotatable bonds is 4. The molecule has 5 nitrogen and oxygen atoms in total. The molecule has 0 unspecified atom stereocenters. The van der Waals surface area contributed by atoms with Crippen molar-refractivity contribution in [1.82, 2.24) is 9.88 Å². The number of nitrogens with zero attached hydrogens (tertiary/aromatic N) is 3. The van der Waals surface area contributed by atoms with Crippen LogP contribution in [0.25, 0.3) is 0 Å². The second-order valence-corrected chi connectivity index (χ2v) is 4.09. The summed E-state index contributed by atoms with van der Waals surface area (Å²) in [5, 5.41) is 2.54. The van der Waals surface area contributed by atoms with Gasteiger partial charge in [0.2, 0.25) is 6.41 Å². The number of anilines is 2. The molecule has 0 atom stereocenters. The van der Waals surface area contributed by atoms with E-state index in [1.807, 2.05) is 18.3 Å². The molecule has 0 saturated carbocycles. The van der Waals surface area contributed by atoms with E-state index in [2.05, 4.69) is 27.0 Å². The number of carbonyl (C=O) groups excluding carboxylic acids is 1. The number of amides is 1. The van der Waals surface area contributed by atoms with Crippen LogP contribution in [0.1, 0.15) is 6.92 Å². The third-order valence-corrected chi connectivity index (χ3v) is 3.14. The van der Waals surface area contributed by atoms with Gasteiger partial charge in [-0.3, -0.25) is 4.79 Å². The van der Waals surface area contributed by atoms with Gasteiger partial charge in [0.25, 0.3) is 0 Å². The highest BCUT2D eigenvalue weighted by atomic mass is 16.1. The molecule has 1 aromatic rings. The van der Waals surface area contributed by atoms with E-state index in [0.717, 1.165) is 38.4 Å². The Bertz CT molecular complexity index is 357. The highest BCUT2D eigenvalue weighted by Crippen LogP contribution is 2.16. The molecule has 1 N–H and O–H groups in total. The first kappa shape index (κ1) is 11.9. The zero-order valence-corrected chi connectivity index (χ0v) is 10.1. The summed E-state index contributed by atoms with van der Waals surface area (Å²) < 4.78 is 0. The van der Waals surface area contributed by atoms with Crippen LogP contribution < -0.4 is 10.2 Å². The SMILES string of the molecule is CCN1CCN(c2ccc(NC=O)nc2)CC1. The van der Waals surface area contributed by atoms with Crippen LogP contribution in [0.5, 0.6) is 0 Å². The molecule has 1 amide bonds. The average Bonchev–Trinajstić information content (AvgIpc) is 2.40. The number of carbonyl (C=O) groups is 1. The van der Waals surface area contributed by atoms with Crippen molar-refractivity contribution in [2.45, 2.75) is 6.92 Å². The van der Waals surface area contributed by atoms with Crippen LogP contribution in [0.3, 0.4) is 0 Å². The third-order valence-electron chi connectivity index (χ3n) is 3.14. The molecule has 1 aliphatic rings. The van der Waals surface area contributed by atoms with Crippen molar-refractivity contribution in [3.63, 3.8) is 0 Å². The predicted molar refractivity (Wildman–Crippen MR) is 68.3 cm³/mol. The Morgan fingerprint density at radius 3 is 2.65 bits per heavy atom. The number of nitrogens with one attached hydrogen (secondary N) is 1. The van der Waals surface area contributed by atoms with Gasteiger partial charge in [-0.25, -0.2) is 4.98 Å². The predicted octanol–water partition coefficient (Wildman–Crippen LogP) is 0.792. The molecule has 1 aromatic heterocycles. The molecule has 2 rings (SSSR count). The lowest BCUT2D eigenvalue weighted by molar-refractivity contribution is -0.105. The molecule has 1 aliphatic heterocycles. The second kappa shape index (κ2) is 5.63. The Morgan fingerprint density at radius 2 is 2.12 bits per heavy atom. The fourth-order valence-electron chi connectivity index (χ4n) is 2.04. The lowest BCUT2D eigenvalue weighted by Gasteiger charge is -2.35. The lowest BCUT2D eigenvalue weighted by atomic mass is 10.2. The molecule has 0 radical (unpaired) electrons. The Balaban J connectivity index is 1.96. The third kappa shape index (κ3) is 2.94. The summed E-state index contributed by atoms with van der Waals surface area (Å²) in [5.41, 5.74) is 1.12. The molecule has 1 saturated heterocycles. The molecule has 92 valence electrons. The van der Waals surface area contributed by atoms with Gasteiger partial charge in [0.15, 0.2) is 0 Å². The van der Waals surface area contributed by atoms with E-state index in [0.29, 0.717) is 12.2 Å². The van der Waals surface area contributed by atoms with Crippen molar-refractivity contribution in [3.05, 3.63) is 18.3 Å². The summed E-state index contributed by atoms with van der Waals surface area (Å²) in [7, 11) is 0. The fraction of sp³-hybridized carbons (Fsp3) is 0.500. The second-order valence-electron chi connectivity index (χ2n) is 4.09. The van der Waals surface area contributed by atoms with Crippen molar-refractivity contribution in [1.29, 1.82) is 0 Å². The molecule has 2 heterocycles. The van der Waals surface area contributed by atoms with Crippen LogP contribution in [0.4, 0.5) is 11.5 Å². The van der Waals surface area contributed by atoms with Crippen LogP contribution in [0, 0.1) is 0 Å². The summed E-state index contributed by atoms with van der Waals surface area (Å²) in [6.45, 7) is 7.59. The van der Waals surface area contributed by atoms with E-state index < -0.39 is 0 Å². The maximum absolute atomic E-state index is 10.3. The van der Waals surface area contributed by atoms with E-state index in [-0.39, 0.29) is 0 Å². The zero-order chi connectivity index (χ0) is 12.1. The van der Waals surface area contributed by atoms with Crippen LogP contribution in [-0.4, -0.2) is 49.0 Å². The van der Waals surface area contributed by atoms with E-state index in [1.54, 1.807) is 0 Å². The van der Waals surface area contributed by atoms with Gasteiger partial charge >= 0.3 is 0 Å². The number of likely N-dealkylation sites (N-methyl/N-ethyl adjacent to an activating group) is 1. The average molecular weight is 234 g/mol. The summed E-state index contributed by atoms with van der Waals surface area (Å²) in [5.74, 6) is 0.593. The Kier molecular flexibility index (Phi) is 3.93. The molecule has 17 heavy (non-hydrogen) atoms. The number of pyridine rings is 1. The van der Waals surface area contributed by atoms with E-state index in [1.165, 1.54) is 0 Å². The minimum absolute atomic E-state index is 0.593. The van der Waals surface area contributed by atoms with Crippen molar-refractivity contribution in [2.75, 3.05) is 42.9 Å². The molecule has 0 aromatic carbocycles. The Morgan fingerprint density at radius 1 is 1.35 bits per heavy atom. The smallest absolute Gasteiger partial charge is 0.212 e.